The van der Waals surface area contributed by atoms with Gasteiger partial charge in [-0.2, -0.15) is 0 Å². The monoisotopic (exact) mass is 469 g/mol. The second-order valence-corrected chi connectivity index (χ2v) is 8.61. The second-order valence-electron chi connectivity index (χ2n) is 8.61. The van der Waals surface area contributed by atoms with E-state index in [1.165, 1.54) is 0 Å². The minimum absolute atomic E-state index is 0.0450. The Bertz CT molecular complexity index is 1380. The second kappa shape index (κ2) is 10.4. The lowest BCUT2D eigenvalue weighted by Crippen LogP contribution is -2.24. The highest BCUT2D eigenvalue weighted by molar-refractivity contribution is 5.92. The summed E-state index contributed by atoms with van der Waals surface area (Å²) in [5, 5.41) is 3.33. The number of carbonyl (C=O) groups excluding carboxylic acids is 1. The molecule has 7 heteroatoms. The molecule has 2 heterocycles. The predicted octanol–water partition coefficient (Wildman–Crippen LogP) is 4.72. The Balaban J connectivity index is 1.18. The van der Waals surface area contributed by atoms with Crippen molar-refractivity contribution in [1.29, 1.82) is 0 Å². The Labute approximate surface area is 203 Å². The zero-order valence-electron chi connectivity index (χ0n) is 19.4. The number of hydrogen-bond donors (Lipinski definition) is 1. The number of aromatic nitrogens is 2. The van der Waals surface area contributed by atoms with Gasteiger partial charge in [-0.1, -0.05) is 36.8 Å². The first-order chi connectivity index (χ1) is 17.2. The Morgan fingerprint density at radius 2 is 1.71 bits per heavy atom. The number of benzene rings is 3. The summed E-state index contributed by atoms with van der Waals surface area (Å²) in [4.78, 5) is 30.1. The maximum absolute atomic E-state index is 13.0. The van der Waals surface area contributed by atoms with Crippen LogP contribution in [0, 0.1) is 0 Å². The Hall–Kier alpha value is -4.13. The largest absolute Gasteiger partial charge is 0.489 e. The van der Waals surface area contributed by atoms with Crippen LogP contribution in [0.2, 0.25) is 0 Å². The smallest absolute Gasteiger partial charge is 0.262 e. The summed E-state index contributed by atoms with van der Waals surface area (Å²) in [6.07, 6.45) is 3.96. The van der Waals surface area contributed by atoms with E-state index in [4.69, 9.17) is 9.47 Å². The van der Waals surface area contributed by atoms with Gasteiger partial charge in [-0.25, -0.2) is 4.98 Å². The van der Waals surface area contributed by atoms with Crippen LogP contribution in [0.1, 0.15) is 30.7 Å². The number of anilines is 1. The lowest BCUT2D eigenvalue weighted by atomic mass is 10.2. The van der Waals surface area contributed by atoms with Gasteiger partial charge >= 0.3 is 0 Å². The van der Waals surface area contributed by atoms with Crippen molar-refractivity contribution in [1.82, 2.24) is 9.55 Å². The van der Waals surface area contributed by atoms with Crippen molar-refractivity contribution >= 4 is 22.5 Å². The van der Waals surface area contributed by atoms with Gasteiger partial charge in [-0.15, -0.1) is 0 Å². The summed E-state index contributed by atoms with van der Waals surface area (Å²) in [7, 11) is 0. The third-order valence-electron chi connectivity index (χ3n) is 6.04. The molecule has 35 heavy (non-hydrogen) atoms. The van der Waals surface area contributed by atoms with E-state index >= 15 is 0 Å². The fourth-order valence-corrected chi connectivity index (χ4v) is 4.21. The van der Waals surface area contributed by atoms with Crippen LogP contribution in [0.15, 0.2) is 77.6 Å². The number of carbonyl (C=O) groups is 1. The third kappa shape index (κ3) is 5.51. The van der Waals surface area contributed by atoms with Crippen LogP contribution in [0.25, 0.3) is 10.9 Å². The number of nitrogens with one attached hydrogen (secondary N) is 1. The van der Waals surface area contributed by atoms with E-state index in [1.807, 2.05) is 42.5 Å². The highest BCUT2D eigenvalue weighted by atomic mass is 16.5. The van der Waals surface area contributed by atoms with Crippen molar-refractivity contribution in [3.8, 4) is 11.5 Å². The van der Waals surface area contributed by atoms with Gasteiger partial charge in [-0.05, 0) is 60.9 Å². The number of nitrogens with zero attached hydrogens (tertiary/aromatic N) is 2. The summed E-state index contributed by atoms with van der Waals surface area (Å²) in [6.45, 7) is 1.01. The van der Waals surface area contributed by atoms with Gasteiger partial charge in [0.25, 0.3) is 11.5 Å². The molecule has 0 radical (unpaired) electrons. The first kappa shape index (κ1) is 22.7. The number of hydrogen-bond acceptors (Lipinski definition) is 5. The van der Waals surface area contributed by atoms with Gasteiger partial charge in [0.2, 0.25) is 0 Å². The van der Waals surface area contributed by atoms with Crippen LogP contribution in [-0.2, 0) is 24.4 Å². The van der Waals surface area contributed by atoms with Crippen LogP contribution in [-0.4, -0.2) is 22.1 Å². The summed E-state index contributed by atoms with van der Waals surface area (Å²) < 4.78 is 13.2. The van der Waals surface area contributed by atoms with Crippen LogP contribution >= 0.6 is 0 Å². The van der Waals surface area contributed by atoms with Crippen LogP contribution in [0.5, 0.6) is 11.5 Å². The molecular weight excluding hydrogens is 442 g/mol. The van der Waals surface area contributed by atoms with Gasteiger partial charge < -0.3 is 14.8 Å². The number of rotatable bonds is 7. The molecular formula is C28H27N3O4. The van der Waals surface area contributed by atoms with E-state index in [0.29, 0.717) is 35.5 Å². The fraction of sp³-hybridized carbons (Fsp3) is 0.250. The zero-order valence-corrected chi connectivity index (χ0v) is 19.4. The number of ether oxygens (including phenoxy) is 2. The normalized spacial score (nSPS) is 13.0. The van der Waals surface area contributed by atoms with Gasteiger partial charge in [-0.3, -0.25) is 14.2 Å². The average molecular weight is 470 g/mol. The molecule has 0 saturated heterocycles. The van der Waals surface area contributed by atoms with Crippen molar-refractivity contribution in [3.63, 3.8) is 0 Å². The summed E-state index contributed by atoms with van der Waals surface area (Å²) >= 11 is 0. The van der Waals surface area contributed by atoms with E-state index in [2.05, 4.69) is 10.3 Å². The summed E-state index contributed by atoms with van der Waals surface area (Å²) in [5.41, 5.74) is 2.35. The van der Waals surface area contributed by atoms with Gasteiger partial charge in [0, 0.05) is 18.7 Å². The van der Waals surface area contributed by atoms with Gasteiger partial charge in [0.1, 0.15) is 23.9 Å². The van der Waals surface area contributed by atoms with Crippen LogP contribution < -0.4 is 20.3 Å². The molecule has 1 amide bonds. The molecule has 5 rings (SSSR count). The molecule has 1 aliphatic heterocycles. The molecule has 178 valence electrons. The summed E-state index contributed by atoms with van der Waals surface area (Å²) in [6, 6.07) is 22.3. The van der Waals surface area contributed by atoms with E-state index in [-0.39, 0.29) is 18.1 Å². The predicted molar refractivity (Wildman–Crippen MR) is 135 cm³/mol. The molecule has 0 atom stereocenters. The quantitative estimate of drug-likeness (QED) is 0.424. The first-order valence-corrected chi connectivity index (χ1v) is 11.9. The SMILES string of the molecule is O=C(COc1ccc2nc3n(c(=O)c2c1)CCCCC3)Nc1ccc(OCc2ccccc2)cc1. The zero-order chi connectivity index (χ0) is 24.0. The number of aryl methyl sites for hydroxylation is 1. The Morgan fingerprint density at radius 1 is 0.914 bits per heavy atom. The summed E-state index contributed by atoms with van der Waals surface area (Å²) in [5.74, 6) is 1.74. The van der Waals surface area contributed by atoms with E-state index < -0.39 is 0 Å². The topological polar surface area (TPSA) is 82.5 Å². The molecule has 1 N–H and O–H groups in total. The molecule has 0 spiro atoms. The van der Waals surface area contributed by atoms with Crippen molar-refractivity contribution < 1.29 is 14.3 Å². The van der Waals surface area contributed by atoms with Crippen molar-refractivity contribution in [2.24, 2.45) is 0 Å². The Morgan fingerprint density at radius 3 is 2.54 bits per heavy atom. The highest BCUT2D eigenvalue weighted by Crippen LogP contribution is 2.20. The molecule has 0 aliphatic carbocycles. The minimum Gasteiger partial charge on any atom is -0.489 e. The van der Waals surface area contributed by atoms with Gasteiger partial charge in [0.05, 0.1) is 10.9 Å². The lowest BCUT2D eigenvalue weighted by Gasteiger charge is -2.12. The van der Waals surface area contributed by atoms with Crippen LogP contribution in [0.3, 0.4) is 0 Å². The molecule has 0 fully saturated rings. The number of fused-ring (bicyclic) bond motifs is 2. The fourth-order valence-electron chi connectivity index (χ4n) is 4.21. The van der Waals surface area contributed by atoms with E-state index in [9.17, 15) is 9.59 Å². The van der Waals surface area contributed by atoms with E-state index in [1.54, 1.807) is 34.9 Å². The molecule has 0 unspecified atom stereocenters. The minimum atomic E-state index is -0.292. The molecule has 4 aromatic rings. The molecule has 3 aromatic carbocycles. The first-order valence-electron chi connectivity index (χ1n) is 11.9. The van der Waals surface area contributed by atoms with Crippen molar-refractivity contribution in [3.05, 3.63) is 94.5 Å². The molecule has 0 saturated carbocycles. The molecule has 1 aromatic heterocycles. The number of amides is 1. The average Bonchev–Trinajstić information content (AvgIpc) is 3.14. The van der Waals surface area contributed by atoms with Gasteiger partial charge in [0.15, 0.2) is 6.61 Å². The van der Waals surface area contributed by atoms with Crippen LogP contribution in [0.4, 0.5) is 5.69 Å². The standard InChI is InChI=1S/C28H27N3O4/c32-27(29-21-10-12-22(13-11-21)34-18-20-7-3-1-4-8-20)19-35-23-14-15-25-24(17-23)28(33)31-16-6-2-5-9-26(31)30-25/h1,3-4,7-8,10-15,17H,2,5-6,9,16,18-19H2,(H,29,32). The van der Waals surface area contributed by atoms with Crippen molar-refractivity contribution in [2.45, 2.75) is 38.8 Å². The third-order valence-corrected chi connectivity index (χ3v) is 6.04. The van der Waals surface area contributed by atoms with E-state index in [0.717, 1.165) is 42.8 Å². The molecule has 0 bridgehead atoms. The molecule has 1 aliphatic rings. The van der Waals surface area contributed by atoms with Crippen molar-refractivity contribution in [2.75, 3.05) is 11.9 Å². The maximum atomic E-state index is 13.0. The lowest BCUT2D eigenvalue weighted by molar-refractivity contribution is -0.118. The highest BCUT2D eigenvalue weighted by Gasteiger charge is 2.14. The maximum Gasteiger partial charge on any atom is 0.262 e. The Kier molecular flexibility index (Phi) is 6.75. The molecule has 7 nitrogen and oxygen atoms in total.